The Kier molecular flexibility index (Phi) is 3.68. The van der Waals surface area contributed by atoms with E-state index < -0.39 is 0 Å². The van der Waals surface area contributed by atoms with Gasteiger partial charge in [-0.1, -0.05) is 24.3 Å². The van der Waals surface area contributed by atoms with Crippen molar-refractivity contribution in [3.8, 4) is 0 Å². The van der Waals surface area contributed by atoms with E-state index in [1.165, 1.54) is 11.1 Å². The Bertz CT molecular complexity index is 615. The Labute approximate surface area is 119 Å². The normalized spacial score (nSPS) is 17.8. The summed E-state index contributed by atoms with van der Waals surface area (Å²) in [7, 11) is 0. The van der Waals surface area contributed by atoms with Crippen LogP contribution in [0.2, 0.25) is 0 Å². The molecule has 0 aliphatic heterocycles. The van der Waals surface area contributed by atoms with Crippen LogP contribution in [0.5, 0.6) is 0 Å². The Morgan fingerprint density at radius 3 is 3.05 bits per heavy atom. The smallest absolute Gasteiger partial charge is 0.144 e. The Morgan fingerprint density at radius 2 is 2.25 bits per heavy atom. The molecule has 0 spiro atoms. The minimum absolute atomic E-state index is 0.0740. The zero-order chi connectivity index (χ0) is 13.9. The van der Waals surface area contributed by atoms with E-state index in [1.807, 2.05) is 23.1 Å². The number of carbonyl (C=O) groups excluding carboxylic acids is 1. The van der Waals surface area contributed by atoms with Crippen molar-refractivity contribution >= 4 is 5.78 Å². The van der Waals surface area contributed by atoms with Gasteiger partial charge in [-0.3, -0.25) is 9.48 Å². The van der Waals surface area contributed by atoms with Crippen LogP contribution in [-0.4, -0.2) is 15.6 Å². The van der Waals surface area contributed by atoms with Gasteiger partial charge < -0.3 is 0 Å². The number of aromatic nitrogens is 2. The summed E-state index contributed by atoms with van der Waals surface area (Å²) >= 11 is 0. The first kappa shape index (κ1) is 13.1. The molecule has 1 unspecified atom stereocenters. The highest BCUT2D eigenvalue weighted by Gasteiger charge is 2.26. The maximum absolute atomic E-state index is 12.6. The second kappa shape index (κ2) is 5.61. The number of hydrogen-bond acceptors (Lipinski definition) is 2. The first-order valence-electron chi connectivity index (χ1n) is 7.39. The highest BCUT2D eigenvalue weighted by molar-refractivity contribution is 5.88. The number of benzene rings is 1. The van der Waals surface area contributed by atoms with Crippen LogP contribution in [0.15, 0.2) is 36.7 Å². The van der Waals surface area contributed by atoms with Gasteiger partial charge in [-0.25, -0.2) is 0 Å². The minimum atomic E-state index is 0.0740. The van der Waals surface area contributed by atoms with Crippen LogP contribution < -0.4 is 0 Å². The maximum atomic E-state index is 12.6. The lowest BCUT2D eigenvalue weighted by Gasteiger charge is -2.24. The summed E-state index contributed by atoms with van der Waals surface area (Å²) in [6.45, 7) is 2.90. The molecule has 1 aliphatic rings. The van der Waals surface area contributed by atoms with Crippen molar-refractivity contribution < 1.29 is 4.79 Å². The van der Waals surface area contributed by atoms with Crippen molar-refractivity contribution in [2.45, 2.75) is 45.1 Å². The highest BCUT2D eigenvalue weighted by atomic mass is 16.1. The van der Waals surface area contributed by atoms with Gasteiger partial charge in [-0.2, -0.15) is 5.10 Å². The summed E-state index contributed by atoms with van der Waals surface area (Å²) in [5.41, 5.74) is 3.62. The molecule has 3 heteroatoms. The van der Waals surface area contributed by atoms with Crippen molar-refractivity contribution in [3.05, 3.63) is 53.3 Å². The number of nitrogens with zero attached hydrogens (tertiary/aromatic N) is 2. The summed E-state index contributed by atoms with van der Waals surface area (Å²) in [5.74, 6) is 0.401. The molecule has 1 atom stereocenters. The molecule has 0 saturated heterocycles. The van der Waals surface area contributed by atoms with Crippen molar-refractivity contribution in [1.82, 2.24) is 9.78 Å². The van der Waals surface area contributed by atoms with Gasteiger partial charge >= 0.3 is 0 Å². The number of Topliss-reactive ketones (excluding diaryl/α,β-unsaturated/α-hetero) is 1. The van der Waals surface area contributed by atoms with Crippen molar-refractivity contribution in [3.63, 3.8) is 0 Å². The largest absolute Gasteiger partial charge is 0.299 e. The molecule has 0 fully saturated rings. The molecule has 0 bridgehead atoms. The van der Waals surface area contributed by atoms with E-state index in [-0.39, 0.29) is 5.92 Å². The fraction of sp³-hybridized carbons (Fsp3) is 0.412. The third-order valence-corrected chi connectivity index (χ3v) is 4.15. The van der Waals surface area contributed by atoms with Gasteiger partial charge in [0.2, 0.25) is 0 Å². The van der Waals surface area contributed by atoms with Gasteiger partial charge in [0.05, 0.1) is 6.20 Å². The van der Waals surface area contributed by atoms with Gasteiger partial charge in [0.25, 0.3) is 0 Å². The molecule has 0 amide bonds. The average molecular weight is 268 g/mol. The zero-order valence-corrected chi connectivity index (χ0v) is 11.9. The average Bonchev–Trinajstić information content (AvgIpc) is 2.94. The monoisotopic (exact) mass is 268 g/mol. The minimum Gasteiger partial charge on any atom is -0.299 e. The van der Waals surface area contributed by atoms with Gasteiger partial charge in [0, 0.05) is 25.1 Å². The first-order chi connectivity index (χ1) is 9.78. The first-order valence-corrected chi connectivity index (χ1v) is 7.39. The Morgan fingerprint density at radius 1 is 1.40 bits per heavy atom. The number of rotatable bonds is 4. The predicted molar refractivity (Wildman–Crippen MR) is 78.7 cm³/mol. The zero-order valence-electron chi connectivity index (χ0n) is 11.9. The van der Waals surface area contributed by atoms with E-state index in [0.717, 1.165) is 31.4 Å². The Hall–Kier alpha value is -1.90. The summed E-state index contributed by atoms with van der Waals surface area (Å²) in [5, 5.41) is 4.24. The van der Waals surface area contributed by atoms with Gasteiger partial charge in [0.15, 0.2) is 0 Å². The van der Waals surface area contributed by atoms with Gasteiger partial charge in [-0.15, -0.1) is 0 Å². The molecule has 1 heterocycles. The molecule has 0 saturated carbocycles. The number of ketones is 1. The molecule has 3 nitrogen and oxygen atoms in total. The fourth-order valence-corrected chi connectivity index (χ4v) is 3.08. The van der Waals surface area contributed by atoms with Crippen molar-refractivity contribution in [2.24, 2.45) is 0 Å². The molecule has 1 aliphatic carbocycles. The standard InChI is InChI=1S/C17H20N2O/c1-2-19-12-13(11-18-19)10-17(20)16-9-5-7-14-6-3-4-8-15(14)16/h3-4,6,8,11-12,16H,2,5,7,9-10H2,1H3. The molecular weight excluding hydrogens is 248 g/mol. The van der Waals surface area contributed by atoms with Gasteiger partial charge in [-0.05, 0) is 42.9 Å². The van der Waals surface area contributed by atoms with Crippen LogP contribution >= 0.6 is 0 Å². The van der Waals surface area contributed by atoms with Gasteiger partial charge in [0.1, 0.15) is 5.78 Å². The second-order valence-electron chi connectivity index (χ2n) is 5.49. The van der Waals surface area contributed by atoms with E-state index in [4.69, 9.17) is 0 Å². The molecule has 0 radical (unpaired) electrons. The fourth-order valence-electron chi connectivity index (χ4n) is 3.08. The van der Waals surface area contributed by atoms with Crippen LogP contribution in [0, 0.1) is 0 Å². The number of hydrogen-bond donors (Lipinski definition) is 0. The third-order valence-electron chi connectivity index (χ3n) is 4.15. The molecule has 1 aromatic carbocycles. The number of fused-ring (bicyclic) bond motifs is 1. The lowest BCUT2D eigenvalue weighted by atomic mass is 9.79. The van der Waals surface area contributed by atoms with Crippen LogP contribution in [0.25, 0.3) is 0 Å². The number of aryl methyl sites for hydroxylation is 2. The maximum Gasteiger partial charge on any atom is 0.144 e. The summed E-state index contributed by atoms with van der Waals surface area (Å²) in [6, 6.07) is 8.38. The third kappa shape index (κ3) is 2.53. The molecule has 0 N–H and O–H groups in total. The van der Waals surface area contributed by atoms with E-state index in [2.05, 4.69) is 30.2 Å². The molecule has 3 rings (SSSR count). The van der Waals surface area contributed by atoms with Crippen LogP contribution in [0.4, 0.5) is 0 Å². The Balaban J connectivity index is 1.78. The molecule has 104 valence electrons. The van der Waals surface area contributed by atoms with Crippen LogP contribution in [0.3, 0.4) is 0 Å². The van der Waals surface area contributed by atoms with Crippen molar-refractivity contribution in [1.29, 1.82) is 0 Å². The van der Waals surface area contributed by atoms with Crippen LogP contribution in [0.1, 0.15) is 42.4 Å². The molecule has 1 aromatic heterocycles. The highest BCUT2D eigenvalue weighted by Crippen LogP contribution is 2.32. The lowest BCUT2D eigenvalue weighted by Crippen LogP contribution is -2.20. The summed E-state index contributed by atoms with van der Waals surface area (Å²) < 4.78 is 1.87. The van der Waals surface area contributed by atoms with E-state index in [9.17, 15) is 4.79 Å². The van der Waals surface area contributed by atoms with E-state index in [1.54, 1.807) is 0 Å². The quantitative estimate of drug-likeness (QED) is 0.854. The van der Waals surface area contributed by atoms with Crippen molar-refractivity contribution in [2.75, 3.05) is 0 Å². The molecule has 20 heavy (non-hydrogen) atoms. The predicted octanol–water partition coefficient (Wildman–Crippen LogP) is 3.13. The SMILES string of the molecule is CCn1cc(CC(=O)C2CCCc3ccccc32)cn1. The summed E-state index contributed by atoms with van der Waals surface area (Å²) in [6.07, 6.45) is 7.49. The second-order valence-corrected chi connectivity index (χ2v) is 5.49. The molecule has 2 aromatic rings. The summed E-state index contributed by atoms with van der Waals surface area (Å²) in [4.78, 5) is 12.6. The topological polar surface area (TPSA) is 34.9 Å². The lowest BCUT2D eigenvalue weighted by molar-refractivity contribution is -0.120. The van der Waals surface area contributed by atoms with Crippen LogP contribution in [-0.2, 0) is 24.2 Å². The van der Waals surface area contributed by atoms with E-state index in [0.29, 0.717) is 12.2 Å². The number of carbonyl (C=O) groups is 1. The molecular formula is C17H20N2O. The van der Waals surface area contributed by atoms with E-state index >= 15 is 0 Å².